The van der Waals surface area contributed by atoms with Gasteiger partial charge in [-0.25, -0.2) is 4.39 Å². The number of anilines is 4. The number of halogens is 1. The molecule has 1 saturated heterocycles. The van der Waals surface area contributed by atoms with Crippen LogP contribution in [0.25, 0.3) is 0 Å². The number of benzene rings is 1. The van der Waals surface area contributed by atoms with Gasteiger partial charge >= 0.3 is 0 Å². The number of hydrogen-bond acceptors (Lipinski definition) is 8. The molecule has 1 aliphatic heterocycles. The number of aromatic nitrogens is 3. The zero-order valence-electron chi connectivity index (χ0n) is 17.6. The van der Waals surface area contributed by atoms with Gasteiger partial charge in [-0.05, 0) is 51.5 Å². The van der Waals surface area contributed by atoms with Crippen molar-refractivity contribution in [3.8, 4) is 5.75 Å². The fourth-order valence-electron chi connectivity index (χ4n) is 3.31. The van der Waals surface area contributed by atoms with Crippen LogP contribution in [0.1, 0.15) is 26.2 Å². The van der Waals surface area contributed by atoms with E-state index in [-0.39, 0.29) is 5.75 Å². The molecule has 0 unspecified atom stereocenters. The molecule has 158 valence electrons. The zero-order valence-corrected chi connectivity index (χ0v) is 17.6. The summed E-state index contributed by atoms with van der Waals surface area (Å²) in [7, 11) is 5.60. The molecule has 3 rings (SSSR count). The molecule has 2 heterocycles. The molecule has 9 heteroatoms. The predicted molar refractivity (Wildman–Crippen MR) is 114 cm³/mol. The number of nitrogens with zero attached hydrogens (tertiary/aromatic N) is 5. The molecule has 0 spiro atoms. The van der Waals surface area contributed by atoms with Crippen LogP contribution in [0.15, 0.2) is 18.2 Å². The highest BCUT2D eigenvalue weighted by Gasteiger charge is 2.23. The molecule has 0 amide bonds. The Morgan fingerprint density at radius 2 is 1.93 bits per heavy atom. The van der Waals surface area contributed by atoms with E-state index in [9.17, 15) is 4.39 Å². The van der Waals surface area contributed by atoms with E-state index in [0.717, 1.165) is 38.9 Å². The molecule has 1 aromatic heterocycles. The molecule has 0 saturated carbocycles. The minimum Gasteiger partial charge on any atom is -0.494 e. The number of hydrogen-bond donors (Lipinski definition) is 2. The van der Waals surface area contributed by atoms with E-state index in [1.165, 1.54) is 13.2 Å². The maximum Gasteiger partial charge on any atom is 0.233 e. The number of rotatable bonds is 8. The molecule has 2 N–H and O–H groups in total. The second kappa shape index (κ2) is 9.69. The van der Waals surface area contributed by atoms with Crippen molar-refractivity contribution in [2.75, 3.05) is 56.4 Å². The van der Waals surface area contributed by atoms with Gasteiger partial charge in [0, 0.05) is 31.4 Å². The highest BCUT2D eigenvalue weighted by molar-refractivity contribution is 5.57. The number of ether oxygens (including phenoxy) is 1. The van der Waals surface area contributed by atoms with Crippen molar-refractivity contribution in [3.05, 3.63) is 24.0 Å². The summed E-state index contributed by atoms with van der Waals surface area (Å²) in [5, 5.41) is 6.31. The van der Waals surface area contributed by atoms with Crippen molar-refractivity contribution in [1.82, 2.24) is 19.9 Å². The summed E-state index contributed by atoms with van der Waals surface area (Å²) in [6.45, 7) is 4.95. The quantitative estimate of drug-likeness (QED) is 0.696. The molecular formula is C20H30FN7O. The summed E-state index contributed by atoms with van der Waals surface area (Å²) in [6, 6.07) is 5.03. The Hall–Kier alpha value is -2.68. The zero-order chi connectivity index (χ0) is 20.8. The third-order valence-corrected chi connectivity index (χ3v) is 5.12. The van der Waals surface area contributed by atoms with E-state index in [1.54, 1.807) is 12.1 Å². The van der Waals surface area contributed by atoms with Crippen LogP contribution in [0, 0.1) is 5.82 Å². The van der Waals surface area contributed by atoms with Crippen LogP contribution in [0.3, 0.4) is 0 Å². The first-order chi connectivity index (χ1) is 14.0. The van der Waals surface area contributed by atoms with Crippen LogP contribution < -0.4 is 20.3 Å². The van der Waals surface area contributed by atoms with E-state index >= 15 is 0 Å². The average molecular weight is 404 g/mol. The molecule has 1 aliphatic rings. The lowest BCUT2D eigenvalue weighted by Gasteiger charge is -2.35. The van der Waals surface area contributed by atoms with Gasteiger partial charge in [-0.2, -0.15) is 15.0 Å². The SMILES string of the molecule is CCCNc1nc(Nc2ccc(OC)c(F)c2)nc(N(C)C2CCN(C)CC2)n1. The Labute approximate surface area is 171 Å². The molecule has 1 fully saturated rings. The van der Waals surface area contributed by atoms with E-state index in [2.05, 4.69) is 49.4 Å². The first-order valence-corrected chi connectivity index (χ1v) is 10.0. The Morgan fingerprint density at radius 3 is 2.59 bits per heavy atom. The molecule has 0 radical (unpaired) electrons. The van der Waals surface area contributed by atoms with Gasteiger partial charge in [-0.3, -0.25) is 0 Å². The van der Waals surface area contributed by atoms with Crippen molar-refractivity contribution < 1.29 is 9.13 Å². The van der Waals surface area contributed by atoms with Gasteiger partial charge in [0.1, 0.15) is 0 Å². The Morgan fingerprint density at radius 1 is 1.21 bits per heavy atom. The summed E-state index contributed by atoms with van der Waals surface area (Å²) in [6.07, 6.45) is 3.07. The summed E-state index contributed by atoms with van der Waals surface area (Å²) in [5.41, 5.74) is 0.545. The summed E-state index contributed by atoms with van der Waals surface area (Å²) >= 11 is 0. The molecule has 2 aromatic rings. The number of piperidine rings is 1. The fraction of sp³-hybridized carbons (Fsp3) is 0.550. The van der Waals surface area contributed by atoms with Crippen LogP contribution in [-0.2, 0) is 0 Å². The van der Waals surface area contributed by atoms with Gasteiger partial charge < -0.3 is 25.2 Å². The van der Waals surface area contributed by atoms with Crippen molar-refractivity contribution in [1.29, 1.82) is 0 Å². The molecule has 0 atom stereocenters. The highest BCUT2D eigenvalue weighted by atomic mass is 19.1. The molecule has 1 aromatic carbocycles. The lowest BCUT2D eigenvalue weighted by Crippen LogP contribution is -2.42. The molecule has 29 heavy (non-hydrogen) atoms. The Bertz CT molecular complexity index is 811. The first-order valence-electron chi connectivity index (χ1n) is 10.0. The summed E-state index contributed by atoms with van der Waals surface area (Å²) in [4.78, 5) is 18.1. The molecule has 8 nitrogen and oxygen atoms in total. The number of likely N-dealkylation sites (tertiary alicyclic amines) is 1. The van der Waals surface area contributed by atoms with Crippen molar-refractivity contribution >= 4 is 23.5 Å². The van der Waals surface area contributed by atoms with E-state index in [4.69, 9.17) is 4.74 Å². The predicted octanol–water partition coefficient (Wildman–Crippen LogP) is 3.12. The second-order valence-electron chi connectivity index (χ2n) is 7.33. The van der Waals surface area contributed by atoms with Gasteiger partial charge in [-0.15, -0.1) is 0 Å². The van der Waals surface area contributed by atoms with Gasteiger partial charge in [0.25, 0.3) is 0 Å². The Kier molecular flexibility index (Phi) is 7.03. The van der Waals surface area contributed by atoms with Crippen LogP contribution >= 0.6 is 0 Å². The third-order valence-electron chi connectivity index (χ3n) is 5.12. The third kappa shape index (κ3) is 5.44. The topological polar surface area (TPSA) is 78.4 Å². The Balaban J connectivity index is 1.84. The van der Waals surface area contributed by atoms with Gasteiger partial charge in [0.2, 0.25) is 17.8 Å². The van der Waals surface area contributed by atoms with Crippen molar-refractivity contribution in [3.63, 3.8) is 0 Å². The lowest BCUT2D eigenvalue weighted by atomic mass is 10.0. The van der Waals surface area contributed by atoms with Gasteiger partial charge in [0.15, 0.2) is 11.6 Å². The fourth-order valence-corrected chi connectivity index (χ4v) is 3.31. The monoisotopic (exact) mass is 403 g/mol. The van der Waals surface area contributed by atoms with Crippen LogP contribution in [0.4, 0.5) is 27.9 Å². The lowest BCUT2D eigenvalue weighted by molar-refractivity contribution is 0.252. The highest BCUT2D eigenvalue weighted by Crippen LogP contribution is 2.25. The maximum absolute atomic E-state index is 14.0. The minimum atomic E-state index is -0.445. The van der Waals surface area contributed by atoms with Gasteiger partial charge in [-0.1, -0.05) is 6.92 Å². The van der Waals surface area contributed by atoms with Crippen LogP contribution in [0.2, 0.25) is 0 Å². The van der Waals surface area contributed by atoms with Crippen LogP contribution in [0.5, 0.6) is 5.75 Å². The molecule has 0 aliphatic carbocycles. The first kappa shape index (κ1) is 21.0. The number of nitrogens with one attached hydrogen (secondary N) is 2. The second-order valence-corrected chi connectivity index (χ2v) is 7.33. The normalized spacial score (nSPS) is 15.2. The van der Waals surface area contributed by atoms with E-state index in [0.29, 0.717) is 29.6 Å². The standard InChI is InChI=1S/C20H30FN7O/c1-5-10-22-18-24-19(23-14-6-7-17(29-4)16(21)13-14)26-20(25-18)28(3)15-8-11-27(2)12-9-15/h6-7,13,15H,5,8-12H2,1-4H3,(H2,22,23,24,25,26). The van der Waals surface area contributed by atoms with Crippen molar-refractivity contribution in [2.45, 2.75) is 32.2 Å². The van der Waals surface area contributed by atoms with Crippen molar-refractivity contribution in [2.24, 2.45) is 0 Å². The smallest absolute Gasteiger partial charge is 0.233 e. The largest absolute Gasteiger partial charge is 0.494 e. The molecule has 0 bridgehead atoms. The van der Waals surface area contributed by atoms with E-state index < -0.39 is 5.82 Å². The maximum atomic E-state index is 14.0. The molecular weight excluding hydrogens is 373 g/mol. The summed E-state index contributed by atoms with van der Waals surface area (Å²) in [5.74, 6) is 1.23. The van der Waals surface area contributed by atoms with Crippen LogP contribution in [-0.4, -0.2) is 66.7 Å². The number of methoxy groups -OCH3 is 1. The van der Waals surface area contributed by atoms with E-state index in [1.807, 2.05) is 7.05 Å². The van der Waals surface area contributed by atoms with Gasteiger partial charge in [0.05, 0.1) is 7.11 Å². The average Bonchev–Trinajstić information content (AvgIpc) is 2.72. The summed E-state index contributed by atoms with van der Waals surface area (Å²) < 4.78 is 19.0. The minimum absolute atomic E-state index is 0.194.